The van der Waals surface area contributed by atoms with Crippen LogP contribution in [0.5, 0.6) is 0 Å². The summed E-state index contributed by atoms with van der Waals surface area (Å²) in [7, 11) is 0. The Morgan fingerprint density at radius 2 is 1.78 bits per heavy atom. The van der Waals surface area contributed by atoms with E-state index in [-0.39, 0.29) is 41.6 Å². The Balaban J connectivity index is 0.00000364. The Hall–Kier alpha value is -1.59. The van der Waals surface area contributed by atoms with Gasteiger partial charge in [0.15, 0.2) is 0 Å². The zero-order chi connectivity index (χ0) is 19.3. The molecule has 27 heavy (non-hydrogen) atoms. The molecule has 1 heterocycles. The van der Waals surface area contributed by atoms with E-state index in [4.69, 9.17) is 0 Å². The summed E-state index contributed by atoms with van der Waals surface area (Å²) in [4.78, 5) is 25.3. The molecule has 2 atom stereocenters. The first-order valence-electron chi connectivity index (χ1n) is 9.61. The Morgan fingerprint density at radius 1 is 1.15 bits per heavy atom. The Kier molecular flexibility index (Phi) is 8.76. The van der Waals surface area contributed by atoms with Gasteiger partial charge >= 0.3 is 0 Å². The SMILES string of the molecule is CC(C)C(NC(=O)c1ccc(C(C)(C)C)cc1)C(=O)NC1CCCNC1.Cl. The van der Waals surface area contributed by atoms with Gasteiger partial charge in [0.2, 0.25) is 5.91 Å². The summed E-state index contributed by atoms with van der Waals surface area (Å²) in [5.41, 5.74) is 1.80. The highest BCUT2D eigenvalue weighted by Gasteiger charge is 2.27. The number of rotatable bonds is 5. The van der Waals surface area contributed by atoms with Crippen molar-refractivity contribution in [2.45, 2.75) is 65.0 Å². The zero-order valence-electron chi connectivity index (χ0n) is 17.1. The van der Waals surface area contributed by atoms with Gasteiger partial charge in [0.1, 0.15) is 6.04 Å². The lowest BCUT2D eigenvalue weighted by Gasteiger charge is -2.28. The molecule has 1 aromatic carbocycles. The first-order valence-corrected chi connectivity index (χ1v) is 9.61. The van der Waals surface area contributed by atoms with E-state index in [9.17, 15) is 9.59 Å². The summed E-state index contributed by atoms with van der Waals surface area (Å²) >= 11 is 0. The van der Waals surface area contributed by atoms with Crippen LogP contribution < -0.4 is 16.0 Å². The highest BCUT2D eigenvalue weighted by atomic mass is 35.5. The van der Waals surface area contributed by atoms with E-state index in [0.29, 0.717) is 5.56 Å². The van der Waals surface area contributed by atoms with E-state index in [1.165, 1.54) is 5.56 Å². The second kappa shape index (κ2) is 10.1. The average Bonchev–Trinajstić information content (AvgIpc) is 2.59. The minimum absolute atomic E-state index is 0. The van der Waals surface area contributed by atoms with Crippen LogP contribution in [0.2, 0.25) is 0 Å². The molecule has 6 heteroatoms. The van der Waals surface area contributed by atoms with Crippen molar-refractivity contribution < 1.29 is 9.59 Å². The number of halogens is 1. The third-order valence-corrected chi connectivity index (χ3v) is 4.89. The largest absolute Gasteiger partial charge is 0.350 e. The molecular weight excluding hydrogens is 362 g/mol. The van der Waals surface area contributed by atoms with Gasteiger partial charge < -0.3 is 16.0 Å². The van der Waals surface area contributed by atoms with E-state index >= 15 is 0 Å². The van der Waals surface area contributed by atoms with Gasteiger partial charge in [0, 0.05) is 18.2 Å². The maximum absolute atomic E-state index is 12.7. The monoisotopic (exact) mass is 395 g/mol. The van der Waals surface area contributed by atoms with Gasteiger partial charge in [-0.15, -0.1) is 12.4 Å². The average molecular weight is 396 g/mol. The van der Waals surface area contributed by atoms with Gasteiger partial charge in [-0.25, -0.2) is 0 Å². The molecule has 2 amide bonds. The summed E-state index contributed by atoms with van der Waals surface area (Å²) < 4.78 is 0. The number of amides is 2. The molecule has 0 saturated carbocycles. The normalized spacial score (nSPS) is 18.4. The quantitative estimate of drug-likeness (QED) is 0.717. The molecule has 3 N–H and O–H groups in total. The van der Waals surface area contributed by atoms with Crippen LogP contribution in [-0.2, 0) is 10.2 Å². The predicted octanol–water partition coefficient (Wildman–Crippen LogP) is 3.03. The predicted molar refractivity (Wildman–Crippen MR) is 113 cm³/mol. The fourth-order valence-electron chi connectivity index (χ4n) is 3.15. The summed E-state index contributed by atoms with van der Waals surface area (Å²) in [5.74, 6) is -0.293. The smallest absolute Gasteiger partial charge is 0.251 e. The molecular formula is C21H34ClN3O2. The number of hydrogen-bond donors (Lipinski definition) is 3. The molecule has 0 bridgehead atoms. The number of nitrogens with one attached hydrogen (secondary N) is 3. The zero-order valence-corrected chi connectivity index (χ0v) is 17.9. The van der Waals surface area contributed by atoms with Crippen LogP contribution in [0.3, 0.4) is 0 Å². The highest BCUT2D eigenvalue weighted by molar-refractivity contribution is 5.97. The van der Waals surface area contributed by atoms with E-state index in [2.05, 4.69) is 36.7 Å². The number of benzene rings is 1. The van der Waals surface area contributed by atoms with E-state index in [0.717, 1.165) is 25.9 Å². The van der Waals surface area contributed by atoms with Gasteiger partial charge in [-0.1, -0.05) is 46.8 Å². The van der Waals surface area contributed by atoms with Gasteiger partial charge in [0.05, 0.1) is 0 Å². The molecule has 0 spiro atoms. The molecule has 0 radical (unpaired) electrons. The minimum atomic E-state index is -0.535. The fraction of sp³-hybridized carbons (Fsp3) is 0.619. The van der Waals surface area contributed by atoms with E-state index in [1.807, 2.05) is 38.1 Å². The van der Waals surface area contributed by atoms with Crippen LogP contribution in [0, 0.1) is 5.92 Å². The summed E-state index contributed by atoms with van der Waals surface area (Å²) in [6.07, 6.45) is 2.04. The van der Waals surface area contributed by atoms with E-state index in [1.54, 1.807) is 0 Å². The lowest BCUT2D eigenvalue weighted by molar-refractivity contribution is -0.124. The standard InChI is InChI=1S/C21H33N3O2.ClH/c1-14(2)18(20(26)23-17-7-6-12-22-13-17)24-19(25)15-8-10-16(11-9-15)21(3,4)5;/h8-11,14,17-18,22H,6-7,12-13H2,1-5H3,(H,23,26)(H,24,25);1H. The molecule has 1 fully saturated rings. The van der Waals surface area contributed by atoms with Crippen molar-refractivity contribution in [2.75, 3.05) is 13.1 Å². The molecule has 2 unspecified atom stereocenters. The maximum atomic E-state index is 12.7. The molecule has 2 rings (SSSR count). The van der Waals surface area contributed by atoms with Crippen LogP contribution in [0.25, 0.3) is 0 Å². The molecule has 5 nitrogen and oxygen atoms in total. The number of carbonyl (C=O) groups excluding carboxylic acids is 2. The third kappa shape index (κ3) is 6.82. The first kappa shape index (κ1) is 23.4. The van der Waals surface area contributed by atoms with E-state index < -0.39 is 6.04 Å². The molecule has 0 aliphatic carbocycles. The molecule has 1 saturated heterocycles. The molecule has 0 aromatic heterocycles. The van der Waals surface area contributed by atoms with Gasteiger partial charge in [-0.2, -0.15) is 0 Å². The first-order chi connectivity index (χ1) is 12.2. The molecule has 1 aliphatic heterocycles. The van der Waals surface area contributed by atoms with Crippen LogP contribution in [0.4, 0.5) is 0 Å². The Morgan fingerprint density at radius 3 is 2.26 bits per heavy atom. The van der Waals surface area contributed by atoms with Crippen molar-refractivity contribution in [3.8, 4) is 0 Å². The van der Waals surface area contributed by atoms with Crippen molar-refractivity contribution in [1.29, 1.82) is 0 Å². The third-order valence-electron chi connectivity index (χ3n) is 4.89. The van der Waals surface area contributed by atoms with Crippen LogP contribution in [0.1, 0.15) is 63.4 Å². The number of hydrogen-bond acceptors (Lipinski definition) is 3. The number of piperidine rings is 1. The second-order valence-electron chi connectivity index (χ2n) is 8.57. The van der Waals surface area contributed by atoms with Gasteiger partial charge in [0.25, 0.3) is 5.91 Å². The number of carbonyl (C=O) groups is 2. The Bertz CT molecular complexity index is 617. The lowest BCUT2D eigenvalue weighted by Crippen LogP contribution is -2.54. The summed E-state index contributed by atoms with van der Waals surface area (Å²) in [6.45, 7) is 12.1. The highest BCUT2D eigenvalue weighted by Crippen LogP contribution is 2.22. The fourth-order valence-corrected chi connectivity index (χ4v) is 3.15. The maximum Gasteiger partial charge on any atom is 0.251 e. The van der Waals surface area contributed by atoms with Crippen molar-refractivity contribution in [3.63, 3.8) is 0 Å². The lowest BCUT2D eigenvalue weighted by atomic mass is 9.86. The Labute approximate surface area is 169 Å². The van der Waals surface area contributed by atoms with Crippen molar-refractivity contribution in [3.05, 3.63) is 35.4 Å². The molecule has 1 aliphatic rings. The van der Waals surface area contributed by atoms with Crippen LogP contribution in [-0.4, -0.2) is 37.0 Å². The van der Waals surface area contributed by atoms with Crippen LogP contribution >= 0.6 is 12.4 Å². The summed E-state index contributed by atoms with van der Waals surface area (Å²) in [5, 5.41) is 9.27. The van der Waals surface area contributed by atoms with Crippen LogP contribution in [0.15, 0.2) is 24.3 Å². The van der Waals surface area contributed by atoms with Crippen molar-refractivity contribution >= 4 is 24.2 Å². The summed E-state index contributed by atoms with van der Waals surface area (Å²) in [6, 6.07) is 7.22. The minimum Gasteiger partial charge on any atom is -0.350 e. The second-order valence-corrected chi connectivity index (χ2v) is 8.57. The van der Waals surface area contributed by atoms with Crippen molar-refractivity contribution in [2.24, 2.45) is 5.92 Å². The molecule has 1 aromatic rings. The van der Waals surface area contributed by atoms with Gasteiger partial charge in [-0.05, 0) is 48.4 Å². The van der Waals surface area contributed by atoms with Crippen molar-refractivity contribution in [1.82, 2.24) is 16.0 Å². The molecule has 152 valence electrons. The van der Waals surface area contributed by atoms with Gasteiger partial charge in [-0.3, -0.25) is 9.59 Å². The topological polar surface area (TPSA) is 70.2 Å².